The normalized spacial score (nSPS) is 19.8. The molecule has 0 aromatic rings. The Bertz CT molecular complexity index is 404. The van der Waals surface area contributed by atoms with Gasteiger partial charge in [-0.05, 0) is 19.3 Å². The van der Waals surface area contributed by atoms with Gasteiger partial charge >= 0.3 is 5.97 Å². The largest absolute Gasteiger partial charge is 0.480 e. The molecule has 6 nitrogen and oxygen atoms in total. The average Bonchev–Trinajstić information content (AvgIpc) is 2.39. The van der Waals surface area contributed by atoms with Crippen molar-refractivity contribution in [3.05, 3.63) is 0 Å². The number of hydrogen-bond donors (Lipinski definition) is 1. The van der Waals surface area contributed by atoms with E-state index >= 15 is 0 Å². The Morgan fingerprint density at radius 2 is 1.79 bits per heavy atom. The third kappa shape index (κ3) is 3.67. The molecule has 0 bridgehead atoms. The number of rotatable bonds is 6. The molecule has 0 aromatic carbocycles. The first kappa shape index (κ1) is 16.4. The van der Waals surface area contributed by atoms with Crippen LogP contribution in [0.5, 0.6) is 0 Å². The van der Waals surface area contributed by atoms with Crippen LogP contribution in [0.15, 0.2) is 0 Å². The summed E-state index contributed by atoms with van der Waals surface area (Å²) in [5, 5.41) is 9.07. The standard InChI is InChI=1S/C12H24N2O4S/c1-4-11(12(15)16)14(3)19(17,18)13(2)10-8-6-5-7-9-10/h10-11H,4-9H2,1-3H3,(H,15,16). The second-order valence-electron chi connectivity index (χ2n) is 5.09. The Morgan fingerprint density at radius 3 is 2.21 bits per heavy atom. The fourth-order valence-electron chi connectivity index (χ4n) is 2.58. The highest BCUT2D eigenvalue weighted by Gasteiger charge is 2.36. The Morgan fingerprint density at radius 1 is 1.26 bits per heavy atom. The molecule has 0 aliphatic heterocycles. The summed E-state index contributed by atoms with van der Waals surface area (Å²) < 4.78 is 27.2. The van der Waals surface area contributed by atoms with Crippen LogP contribution in [0.2, 0.25) is 0 Å². The molecular weight excluding hydrogens is 268 g/mol. The topological polar surface area (TPSA) is 77.9 Å². The van der Waals surface area contributed by atoms with Gasteiger partial charge in [0.15, 0.2) is 0 Å². The summed E-state index contributed by atoms with van der Waals surface area (Å²) in [6.07, 6.45) is 5.17. The van der Waals surface area contributed by atoms with Crippen molar-refractivity contribution in [2.24, 2.45) is 0 Å². The molecule has 7 heteroatoms. The number of nitrogens with zero attached hydrogens (tertiary/aromatic N) is 2. The zero-order valence-electron chi connectivity index (χ0n) is 11.9. The molecule has 1 N–H and O–H groups in total. The zero-order valence-corrected chi connectivity index (χ0v) is 12.7. The number of carbonyl (C=O) groups is 1. The van der Waals surface area contributed by atoms with Crippen molar-refractivity contribution in [3.8, 4) is 0 Å². The molecule has 1 aliphatic rings. The van der Waals surface area contributed by atoms with Crippen LogP contribution < -0.4 is 0 Å². The van der Waals surface area contributed by atoms with Gasteiger partial charge in [-0.2, -0.15) is 17.0 Å². The lowest BCUT2D eigenvalue weighted by molar-refractivity contribution is -0.141. The summed E-state index contributed by atoms with van der Waals surface area (Å²) in [5.74, 6) is -1.11. The van der Waals surface area contributed by atoms with E-state index in [-0.39, 0.29) is 12.5 Å². The quantitative estimate of drug-likeness (QED) is 0.800. The molecule has 1 atom stereocenters. The summed E-state index contributed by atoms with van der Waals surface area (Å²) >= 11 is 0. The van der Waals surface area contributed by atoms with Crippen LogP contribution >= 0.6 is 0 Å². The van der Waals surface area contributed by atoms with Crippen molar-refractivity contribution in [2.45, 2.75) is 57.5 Å². The van der Waals surface area contributed by atoms with Gasteiger partial charge in [0.1, 0.15) is 6.04 Å². The Labute approximate surface area is 115 Å². The summed E-state index contributed by atoms with van der Waals surface area (Å²) in [7, 11) is -0.813. The van der Waals surface area contributed by atoms with Crippen LogP contribution in [0.4, 0.5) is 0 Å². The van der Waals surface area contributed by atoms with E-state index in [4.69, 9.17) is 5.11 Å². The monoisotopic (exact) mass is 292 g/mol. The van der Waals surface area contributed by atoms with E-state index < -0.39 is 22.2 Å². The Kier molecular flexibility index (Phi) is 5.76. The van der Waals surface area contributed by atoms with E-state index in [2.05, 4.69) is 0 Å². The predicted molar refractivity (Wildman–Crippen MR) is 73.0 cm³/mol. The molecule has 0 heterocycles. The van der Waals surface area contributed by atoms with E-state index in [1.807, 2.05) is 0 Å². The van der Waals surface area contributed by atoms with Crippen LogP contribution in [0.3, 0.4) is 0 Å². The molecule has 112 valence electrons. The van der Waals surface area contributed by atoms with Crippen molar-refractivity contribution in [3.63, 3.8) is 0 Å². The van der Waals surface area contributed by atoms with E-state index in [0.29, 0.717) is 0 Å². The minimum Gasteiger partial charge on any atom is -0.480 e. The first-order chi connectivity index (χ1) is 8.82. The molecule has 1 aliphatic carbocycles. The van der Waals surface area contributed by atoms with Crippen LogP contribution in [-0.4, -0.2) is 54.3 Å². The molecular formula is C12H24N2O4S. The highest BCUT2D eigenvalue weighted by molar-refractivity contribution is 7.86. The van der Waals surface area contributed by atoms with Crippen molar-refractivity contribution >= 4 is 16.2 Å². The minimum absolute atomic E-state index is 0.00694. The molecule has 1 saturated carbocycles. The highest BCUT2D eigenvalue weighted by Crippen LogP contribution is 2.25. The van der Waals surface area contributed by atoms with Crippen LogP contribution in [0, 0.1) is 0 Å². The maximum atomic E-state index is 12.4. The van der Waals surface area contributed by atoms with Gasteiger partial charge in [-0.3, -0.25) is 4.79 Å². The van der Waals surface area contributed by atoms with Gasteiger partial charge in [0.25, 0.3) is 10.2 Å². The Balaban J connectivity index is 2.85. The highest BCUT2D eigenvalue weighted by atomic mass is 32.2. The molecule has 1 fully saturated rings. The van der Waals surface area contributed by atoms with Crippen LogP contribution in [-0.2, 0) is 15.0 Å². The fourth-order valence-corrected chi connectivity index (χ4v) is 4.14. The van der Waals surface area contributed by atoms with E-state index in [1.54, 1.807) is 14.0 Å². The maximum Gasteiger partial charge on any atom is 0.322 e. The lowest BCUT2D eigenvalue weighted by Crippen LogP contribution is -2.51. The number of carboxylic acids is 1. The predicted octanol–water partition coefficient (Wildman–Crippen LogP) is 1.29. The summed E-state index contributed by atoms with van der Waals surface area (Å²) in [4.78, 5) is 11.1. The van der Waals surface area contributed by atoms with E-state index in [1.165, 1.54) is 11.4 Å². The minimum atomic E-state index is -3.71. The summed E-state index contributed by atoms with van der Waals surface area (Å²) in [6.45, 7) is 1.67. The molecule has 0 spiro atoms. The first-order valence-corrected chi connectivity index (χ1v) is 8.15. The van der Waals surface area contributed by atoms with Gasteiger partial charge in [0.05, 0.1) is 0 Å². The zero-order chi connectivity index (χ0) is 14.6. The van der Waals surface area contributed by atoms with Gasteiger partial charge in [-0.25, -0.2) is 0 Å². The number of hydrogen-bond acceptors (Lipinski definition) is 3. The van der Waals surface area contributed by atoms with Gasteiger partial charge in [0, 0.05) is 20.1 Å². The molecule has 0 aromatic heterocycles. The van der Waals surface area contributed by atoms with Gasteiger partial charge in [0.2, 0.25) is 0 Å². The third-order valence-corrected chi connectivity index (χ3v) is 5.94. The Hall–Kier alpha value is -0.660. The SMILES string of the molecule is CCC(C(=O)O)N(C)S(=O)(=O)N(C)C1CCCCC1. The fraction of sp³-hybridized carbons (Fsp3) is 0.917. The van der Waals surface area contributed by atoms with Crippen molar-refractivity contribution in [2.75, 3.05) is 14.1 Å². The van der Waals surface area contributed by atoms with Gasteiger partial charge in [-0.15, -0.1) is 0 Å². The van der Waals surface area contributed by atoms with Gasteiger partial charge in [-0.1, -0.05) is 26.2 Å². The lowest BCUT2D eigenvalue weighted by atomic mass is 9.96. The first-order valence-electron chi connectivity index (χ1n) is 6.76. The summed E-state index contributed by atoms with van der Waals surface area (Å²) in [5.41, 5.74) is 0. The van der Waals surface area contributed by atoms with Crippen molar-refractivity contribution in [1.29, 1.82) is 0 Å². The molecule has 19 heavy (non-hydrogen) atoms. The average molecular weight is 292 g/mol. The molecule has 0 amide bonds. The van der Waals surface area contributed by atoms with Crippen LogP contribution in [0.1, 0.15) is 45.4 Å². The van der Waals surface area contributed by atoms with E-state index in [9.17, 15) is 13.2 Å². The molecule has 0 radical (unpaired) electrons. The number of likely N-dealkylation sites (N-methyl/N-ethyl adjacent to an activating group) is 1. The van der Waals surface area contributed by atoms with Crippen molar-refractivity contribution < 1.29 is 18.3 Å². The number of carboxylic acid groups (broad SMARTS) is 1. The second-order valence-corrected chi connectivity index (χ2v) is 7.14. The molecule has 1 rings (SSSR count). The summed E-state index contributed by atoms with van der Waals surface area (Å²) in [6, 6.07) is -1.01. The molecule has 1 unspecified atom stereocenters. The van der Waals surface area contributed by atoms with Gasteiger partial charge < -0.3 is 5.11 Å². The second kappa shape index (κ2) is 6.67. The van der Waals surface area contributed by atoms with Crippen molar-refractivity contribution in [1.82, 2.24) is 8.61 Å². The maximum absolute atomic E-state index is 12.4. The molecule has 0 saturated heterocycles. The van der Waals surface area contributed by atoms with Crippen LogP contribution in [0.25, 0.3) is 0 Å². The smallest absolute Gasteiger partial charge is 0.322 e. The third-order valence-electron chi connectivity index (χ3n) is 3.93. The lowest BCUT2D eigenvalue weighted by Gasteiger charge is -2.34. The number of aliphatic carboxylic acids is 1. The van der Waals surface area contributed by atoms with E-state index in [0.717, 1.165) is 36.4 Å².